The van der Waals surface area contributed by atoms with Crippen LogP contribution in [0.2, 0.25) is 0 Å². The van der Waals surface area contributed by atoms with Crippen LogP contribution >= 0.6 is 0 Å². The van der Waals surface area contributed by atoms with Crippen LogP contribution in [0, 0.1) is 0 Å². The maximum Gasteiger partial charge on any atom is 0.261 e. The molecular weight excluding hydrogens is 370 g/mol. The van der Waals surface area contributed by atoms with Crippen LogP contribution in [-0.2, 0) is 16.8 Å². The molecule has 0 fully saturated rings. The number of hydrogen-bond donors (Lipinski definition) is 1. The number of carbonyl (C=O) groups excluding carboxylic acids is 1. The molecule has 0 spiro atoms. The van der Waals surface area contributed by atoms with Crippen LogP contribution in [-0.4, -0.2) is 33.3 Å². The Bertz CT molecular complexity index is 799. The van der Waals surface area contributed by atoms with Gasteiger partial charge >= 0.3 is 0 Å². The van der Waals surface area contributed by atoms with Gasteiger partial charge in [-0.15, -0.1) is 0 Å². The monoisotopic (exact) mass is 401 g/mol. The normalized spacial score (nSPS) is 12.1. The minimum Gasteiger partial charge on any atom is -0.493 e. The van der Waals surface area contributed by atoms with E-state index in [1.165, 1.54) is 5.56 Å². The molecule has 0 heterocycles. The maximum atomic E-state index is 12.5. The molecule has 29 heavy (non-hydrogen) atoms. The predicted octanol–water partition coefficient (Wildman–Crippen LogP) is 4.09. The van der Waals surface area contributed by atoms with Crippen molar-refractivity contribution in [1.82, 2.24) is 5.32 Å². The van der Waals surface area contributed by atoms with E-state index in [4.69, 9.17) is 18.9 Å². The Morgan fingerprint density at radius 2 is 1.52 bits per heavy atom. The Balaban J connectivity index is 2.00. The summed E-state index contributed by atoms with van der Waals surface area (Å²) in [4.78, 5) is 12.5. The lowest BCUT2D eigenvalue weighted by atomic mass is 9.87. The Kier molecular flexibility index (Phi) is 7.37. The highest BCUT2D eigenvalue weighted by atomic mass is 16.5. The first-order chi connectivity index (χ1) is 13.7. The van der Waals surface area contributed by atoms with E-state index in [0.717, 1.165) is 5.56 Å². The number of rotatable bonds is 8. The number of hydrogen-bond acceptors (Lipinski definition) is 5. The average molecular weight is 402 g/mol. The number of carbonyl (C=O) groups is 1. The molecule has 0 aliphatic carbocycles. The fourth-order valence-corrected chi connectivity index (χ4v) is 2.86. The smallest absolute Gasteiger partial charge is 0.261 e. The van der Waals surface area contributed by atoms with Crippen molar-refractivity contribution in [3.63, 3.8) is 0 Å². The van der Waals surface area contributed by atoms with Crippen LogP contribution < -0.4 is 24.3 Å². The average Bonchev–Trinajstić information content (AvgIpc) is 2.70. The molecule has 2 aromatic rings. The fraction of sp³-hybridized carbons (Fsp3) is 0.435. The van der Waals surface area contributed by atoms with E-state index >= 15 is 0 Å². The van der Waals surface area contributed by atoms with Crippen molar-refractivity contribution in [2.75, 3.05) is 21.3 Å². The molecule has 2 rings (SSSR count). The van der Waals surface area contributed by atoms with E-state index < -0.39 is 6.10 Å². The lowest BCUT2D eigenvalue weighted by Gasteiger charge is -2.20. The summed E-state index contributed by atoms with van der Waals surface area (Å²) < 4.78 is 21.8. The molecule has 0 aliphatic heterocycles. The SMILES string of the molecule is COc1cc(CNC(=O)[C@@H](C)Oc2ccc(C(C)(C)C)cc2)cc(OC)c1OC. The summed E-state index contributed by atoms with van der Waals surface area (Å²) in [5.41, 5.74) is 2.11. The zero-order chi connectivity index (χ0) is 21.6. The first-order valence-corrected chi connectivity index (χ1v) is 9.53. The third-order valence-electron chi connectivity index (χ3n) is 4.59. The first-order valence-electron chi connectivity index (χ1n) is 9.53. The van der Waals surface area contributed by atoms with Crippen molar-refractivity contribution in [3.8, 4) is 23.0 Å². The first kappa shape index (κ1) is 22.4. The largest absolute Gasteiger partial charge is 0.493 e. The molecule has 0 bridgehead atoms. The second kappa shape index (κ2) is 9.54. The molecular formula is C23H31NO5. The number of methoxy groups -OCH3 is 3. The van der Waals surface area contributed by atoms with Crippen LogP contribution in [0.25, 0.3) is 0 Å². The lowest BCUT2D eigenvalue weighted by Crippen LogP contribution is -2.35. The van der Waals surface area contributed by atoms with E-state index in [1.54, 1.807) is 40.4 Å². The summed E-state index contributed by atoms with van der Waals surface area (Å²) >= 11 is 0. The molecule has 158 valence electrons. The van der Waals surface area contributed by atoms with Gasteiger partial charge in [0.25, 0.3) is 5.91 Å². The Morgan fingerprint density at radius 1 is 0.966 bits per heavy atom. The van der Waals surface area contributed by atoms with Crippen LogP contribution in [0.4, 0.5) is 0 Å². The molecule has 6 nitrogen and oxygen atoms in total. The summed E-state index contributed by atoms with van der Waals surface area (Å²) in [5, 5.41) is 2.88. The molecule has 0 aliphatic rings. The van der Waals surface area contributed by atoms with Gasteiger partial charge in [-0.2, -0.15) is 0 Å². The molecule has 6 heteroatoms. The highest BCUT2D eigenvalue weighted by Crippen LogP contribution is 2.38. The van der Waals surface area contributed by atoms with Gasteiger partial charge < -0.3 is 24.3 Å². The number of ether oxygens (including phenoxy) is 4. The summed E-state index contributed by atoms with van der Waals surface area (Å²) in [6, 6.07) is 11.4. The van der Waals surface area contributed by atoms with Gasteiger partial charge in [0.2, 0.25) is 5.75 Å². The summed E-state index contributed by atoms with van der Waals surface area (Å²) in [5.74, 6) is 2.05. The van der Waals surface area contributed by atoms with Gasteiger partial charge in [-0.25, -0.2) is 0 Å². The Hall–Kier alpha value is -2.89. The molecule has 0 radical (unpaired) electrons. The maximum absolute atomic E-state index is 12.5. The van der Waals surface area contributed by atoms with Crippen molar-refractivity contribution < 1.29 is 23.7 Å². The van der Waals surface area contributed by atoms with Crippen LogP contribution in [0.15, 0.2) is 36.4 Å². The van der Waals surface area contributed by atoms with E-state index in [0.29, 0.717) is 29.5 Å². The molecule has 0 aromatic heterocycles. The second-order valence-electron chi connectivity index (χ2n) is 7.79. The van der Waals surface area contributed by atoms with Crippen molar-refractivity contribution in [2.24, 2.45) is 0 Å². The van der Waals surface area contributed by atoms with Crippen molar-refractivity contribution in [3.05, 3.63) is 47.5 Å². The van der Waals surface area contributed by atoms with Crippen LogP contribution in [0.3, 0.4) is 0 Å². The Labute approximate surface area is 173 Å². The van der Waals surface area contributed by atoms with Crippen LogP contribution in [0.5, 0.6) is 23.0 Å². The minimum absolute atomic E-state index is 0.0714. The molecule has 2 aromatic carbocycles. The zero-order valence-electron chi connectivity index (χ0n) is 18.3. The minimum atomic E-state index is -0.627. The summed E-state index contributed by atoms with van der Waals surface area (Å²) in [7, 11) is 4.66. The summed E-state index contributed by atoms with van der Waals surface area (Å²) in [6.07, 6.45) is -0.627. The number of benzene rings is 2. The van der Waals surface area contributed by atoms with Crippen molar-refractivity contribution >= 4 is 5.91 Å². The molecule has 1 amide bonds. The van der Waals surface area contributed by atoms with E-state index in [-0.39, 0.29) is 11.3 Å². The summed E-state index contributed by atoms with van der Waals surface area (Å²) in [6.45, 7) is 8.50. The van der Waals surface area contributed by atoms with Crippen molar-refractivity contribution in [2.45, 2.75) is 45.8 Å². The standard InChI is InChI=1S/C23H31NO5/c1-15(29-18-10-8-17(9-11-18)23(2,3)4)22(25)24-14-16-12-19(26-5)21(28-7)20(13-16)27-6/h8-13,15H,14H2,1-7H3,(H,24,25)/t15-/m1/s1. The molecule has 0 unspecified atom stereocenters. The molecule has 0 saturated carbocycles. The second-order valence-corrected chi connectivity index (χ2v) is 7.79. The van der Waals surface area contributed by atoms with Gasteiger partial charge in [0.15, 0.2) is 17.6 Å². The zero-order valence-corrected chi connectivity index (χ0v) is 18.3. The van der Waals surface area contributed by atoms with Crippen LogP contribution in [0.1, 0.15) is 38.8 Å². The predicted molar refractivity (Wildman–Crippen MR) is 113 cm³/mol. The molecule has 1 atom stereocenters. The van der Waals surface area contributed by atoms with Gasteiger partial charge in [0.1, 0.15) is 5.75 Å². The topological polar surface area (TPSA) is 66.0 Å². The quantitative estimate of drug-likeness (QED) is 0.722. The van der Waals surface area contributed by atoms with Gasteiger partial charge in [-0.1, -0.05) is 32.9 Å². The fourth-order valence-electron chi connectivity index (χ4n) is 2.86. The van der Waals surface area contributed by atoms with E-state index in [2.05, 4.69) is 26.1 Å². The van der Waals surface area contributed by atoms with Crippen molar-refractivity contribution in [1.29, 1.82) is 0 Å². The van der Waals surface area contributed by atoms with E-state index in [9.17, 15) is 4.79 Å². The van der Waals surface area contributed by atoms with Gasteiger partial charge in [-0.3, -0.25) is 4.79 Å². The molecule has 1 N–H and O–H groups in total. The third-order valence-corrected chi connectivity index (χ3v) is 4.59. The van der Waals surface area contributed by atoms with Gasteiger partial charge in [0.05, 0.1) is 21.3 Å². The van der Waals surface area contributed by atoms with Gasteiger partial charge in [-0.05, 0) is 47.7 Å². The van der Waals surface area contributed by atoms with E-state index in [1.807, 2.05) is 24.3 Å². The molecule has 0 saturated heterocycles. The highest BCUT2D eigenvalue weighted by Gasteiger charge is 2.18. The number of amides is 1. The lowest BCUT2D eigenvalue weighted by molar-refractivity contribution is -0.127. The number of nitrogens with one attached hydrogen (secondary N) is 1. The highest BCUT2D eigenvalue weighted by molar-refractivity contribution is 5.80. The van der Waals surface area contributed by atoms with Gasteiger partial charge in [0, 0.05) is 6.54 Å². The Morgan fingerprint density at radius 3 is 1.97 bits per heavy atom. The third kappa shape index (κ3) is 5.79.